The maximum atomic E-state index is 13.2. The van der Waals surface area contributed by atoms with Gasteiger partial charge in [0.1, 0.15) is 0 Å². The van der Waals surface area contributed by atoms with Gasteiger partial charge in [0.05, 0.1) is 6.10 Å². The van der Waals surface area contributed by atoms with Crippen molar-refractivity contribution < 1.29 is 19.1 Å². The number of hydrogen-bond acceptors (Lipinski definition) is 4. The molecule has 1 saturated carbocycles. The topological polar surface area (TPSA) is 76.7 Å². The SMILES string of the molecule is CCOCCCc1ccc2c(c1)C1(NC(=O)NC1=O)[C@]1(CC[C@H](OC)CC1)C2. The minimum Gasteiger partial charge on any atom is -0.382 e. The van der Waals surface area contributed by atoms with Crippen LogP contribution >= 0.6 is 0 Å². The first-order valence-electron chi connectivity index (χ1n) is 10.4. The van der Waals surface area contributed by atoms with Crippen molar-refractivity contribution in [2.24, 2.45) is 5.41 Å². The van der Waals surface area contributed by atoms with Gasteiger partial charge in [0.15, 0.2) is 5.54 Å². The highest BCUT2D eigenvalue weighted by Crippen LogP contribution is 2.59. The van der Waals surface area contributed by atoms with Gasteiger partial charge in [-0.3, -0.25) is 10.1 Å². The minimum absolute atomic E-state index is 0.196. The average Bonchev–Trinajstić information content (AvgIpc) is 3.14. The Kier molecular flexibility index (Phi) is 5.19. The highest BCUT2D eigenvalue weighted by Gasteiger charge is 2.66. The first-order chi connectivity index (χ1) is 13.5. The van der Waals surface area contributed by atoms with Crippen molar-refractivity contribution in [3.63, 3.8) is 0 Å². The summed E-state index contributed by atoms with van der Waals surface area (Å²) < 4.78 is 11.0. The molecule has 6 nitrogen and oxygen atoms in total. The molecule has 2 aliphatic carbocycles. The lowest BCUT2D eigenvalue weighted by Gasteiger charge is -2.46. The van der Waals surface area contributed by atoms with E-state index in [9.17, 15) is 9.59 Å². The van der Waals surface area contributed by atoms with Crippen molar-refractivity contribution in [2.45, 2.75) is 63.5 Å². The Bertz CT molecular complexity index is 770. The first kappa shape index (κ1) is 19.4. The quantitative estimate of drug-likeness (QED) is 0.582. The molecule has 0 bridgehead atoms. The Labute approximate surface area is 166 Å². The fraction of sp³-hybridized carbons (Fsp3) is 0.636. The monoisotopic (exact) mass is 386 g/mol. The first-order valence-corrected chi connectivity index (χ1v) is 10.4. The molecule has 1 atom stereocenters. The average molecular weight is 386 g/mol. The molecular formula is C22H30N2O4. The van der Waals surface area contributed by atoms with E-state index >= 15 is 0 Å². The summed E-state index contributed by atoms with van der Waals surface area (Å²) in [6.07, 6.45) is 6.47. The molecule has 1 heterocycles. The lowest BCUT2D eigenvalue weighted by molar-refractivity contribution is -0.131. The molecule has 2 spiro atoms. The Hall–Kier alpha value is -1.92. The van der Waals surface area contributed by atoms with Gasteiger partial charge in [0.25, 0.3) is 5.91 Å². The number of methoxy groups -OCH3 is 1. The van der Waals surface area contributed by atoms with Gasteiger partial charge in [-0.1, -0.05) is 18.2 Å². The van der Waals surface area contributed by atoms with E-state index in [1.807, 2.05) is 6.92 Å². The maximum absolute atomic E-state index is 13.2. The number of amides is 3. The lowest BCUT2D eigenvalue weighted by Crippen LogP contribution is -2.56. The van der Waals surface area contributed by atoms with Crippen LogP contribution in [0.4, 0.5) is 4.79 Å². The standard InChI is InChI=1S/C22H30N2O4/c1-3-28-12-4-5-15-6-7-16-14-21(10-8-17(27-2)9-11-21)22(18(16)13-15)19(25)23-20(26)24-22/h6-7,13,17H,3-5,8-12,14H2,1-2H3,(H2,23,24,25,26)/t17-,21-,22?. The number of ether oxygens (including phenoxy) is 2. The van der Waals surface area contributed by atoms with Crippen molar-refractivity contribution in [1.29, 1.82) is 0 Å². The molecule has 28 heavy (non-hydrogen) atoms. The van der Waals surface area contributed by atoms with Crippen LogP contribution in [-0.2, 0) is 32.6 Å². The van der Waals surface area contributed by atoms with E-state index in [1.165, 1.54) is 11.1 Å². The van der Waals surface area contributed by atoms with E-state index in [0.717, 1.165) is 63.7 Å². The number of urea groups is 1. The fourth-order valence-electron chi connectivity index (χ4n) is 5.54. The lowest BCUT2D eigenvalue weighted by atomic mass is 9.61. The molecule has 1 aliphatic heterocycles. The zero-order valence-corrected chi connectivity index (χ0v) is 16.8. The third-order valence-corrected chi connectivity index (χ3v) is 6.95. The number of hydrogen-bond donors (Lipinski definition) is 2. The Morgan fingerprint density at radius 3 is 2.64 bits per heavy atom. The predicted octanol–water partition coefficient (Wildman–Crippen LogP) is 2.82. The molecule has 1 aromatic carbocycles. The molecule has 0 radical (unpaired) electrons. The number of fused-ring (bicyclic) bond motifs is 3. The van der Waals surface area contributed by atoms with Gasteiger partial charge in [-0.15, -0.1) is 0 Å². The molecule has 1 unspecified atom stereocenters. The molecule has 2 N–H and O–H groups in total. The van der Waals surface area contributed by atoms with E-state index in [0.29, 0.717) is 0 Å². The number of rotatable bonds is 6. The second-order valence-electron chi connectivity index (χ2n) is 8.34. The van der Waals surface area contributed by atoms with Crippen LogP contribution in [0.1, 0.15) is 55.7 Å². The Morgan fingerprint density at radius 2 is 2.00 bits per heavy atom. The van der Waals surface area contributed by atoms with Gasteiger partial charge in [-0.05, 0) is 68.6 Å². The summed E-state index contributed by atoms with van der Waals surface area (Å²) >= 11 is 0. The van der Waals surface area contributed by atoms with Gasteiger partial charge in [-0.25, -0.2) is 4.79 Å². The van der Waals surface area contributed by atoms with Crippen LogP contribution in [-0.4, -0.2) is 38.4 Å². The Balaban J connectivity index is 1.68. The predicted molar refractivity (Wildman–Crippen MR) is 105 cm³/mol. The van der Waals surface area contributed by atoms with Crippen molar-refractivity contribution >= 4 is 11.9 Å². The van der Waals surface area contributed by atoms with Crippen molar-refractivity contribution in [3.05, 3.63) is 34.9 Å². The molecule has 0 aromatic heterocycles. The summed E-state index contributed by atoms with van der Waals surface area (Å²) in [6, 6.07) is 6.08. The second kappa shape index (κ2) is 7.48. The molecule has 2 fully saturated rings. The highest BCUT2D eigenvalue weighted by molar-refractivity contribution is 6.08. The number of imide groups is 1. The maximum Gasteiger partial charge on any atom is 0.322 e. The smallest absolute Gasteiger partial charge is 0.322 e. The fourth-order valence-corrected chi connectivity index (χ4v) is 5.54. The van der Waals surface area contributed by atoms with Gasteiger partial charge >= 0.3 is 6.03 Å². The molecule has 152 valence electrons. The molecule has 1 saturated heterocycles. The van der Waals surface area contributed by atoms with Gasteiger partial charge in [0.2, 0.25) is 0 Å². The summed E-state index contributed by atoms with van der Waals surface area (Å²) in [7, 11) is 1.75. The summed E-state index contributed by atoms with van der Waals surface area (Å²) in [6.45, 7) is 3.46. The second-order valence-corrected chi connectivity index (χ2v) is 8.34. The number of carbonyl (C=O) groups is 2. The van der Waals surface area contributed by atoms with Crippen molar-refractivity contribution in [1.82, 2.24) is 10.6 Å². The number of aryl methyl sites for hydroxylation is 1. The number of carbonyl (C=O) groups excluding carboxylic acids is 2. The van der Waals surface area contributed by atoms with Crippen LogP contribution in [0.15, 0.2) is 18.2 Å². The molecule has 1 aromatic rings. The minimum atomic E-state index is -0.950. The molecule has 4 rings (SSSR count). The van der Waals surface area contributed by atoms with Crippen LogP contribution < -0.4 is 10.6 Å². The summed E-state index contributed by atoms with van der Waals surface area (Å²) in [5.41, 5.74) is 2.13. The zero-order valence-electron chi connectivity index (χ0n) is 16.8. The van der Waals surface area contributed by atoms with E-state index < -0.39 is 5.54 Å². The largest absolute Gasteiger partial charge is 0.382 e. The highest BCUT2D eigenvalue weighted by atomic mass is 16.5. The third-order valence-electron chi connectivity index (χ3n) is 6.95. The molecule has 6 heteroatoms. The van der Waals surface area contributed by atoms with E-state index in [4.69, 9.17) is 9.47 Å². The van der Waals surface area contributed by atoms with Crippen LogP contribution in [0.3, 0.4) is 0 Å². The van der Waals surface area contributed by atoms with Gasteiger partial charge in [0, 0.05) is 25.7 Å². The van der Waals surface area contributed by atoms with Gasteiger partial charge in [-0.2, -0.15) is 0 Å². The summed E-state index contributed by atoms with van der Waals surface area (Å²) in [5.74, 6) is -0.196. The molecule has 3 amide bonds. The Morgan fingerprint density at radius 1 is 1.21 bits per heavy atom. The zero-order chi connectivity index (χ0) is 19.8. The van der Waals surface area contributed by atoms with Crippen LogP contribution in [0.5, 0.6) is 0 Å². The third kappa shape index (κ3) is 2.94. The van der Waals surface area contributed by atoms with Gasteiger partial charge < -0.3 is 14.8 Å². The van der Waals surface area contributed by atoms with Crippen LogP contribution in [0, 0.1) is 5.41 Å². The van der Waals surface area contributed by atoms with E-state index in [-0.39, 0.29) is 23.5 Å². The van der Waals surface area contributed by atoms with Crippen molar-refractivity contribution in [3.8, 4) is 0 Å². The number of benzene rings is 1. The normalized spacial score (nSPS) is 31.3. The number of nitrogens with one attached hydrogen (secondary N) is 2. The van der Waals surface area contributed by atoms with Crippen LogP contribution in [0.25, 0.3) is 0 Å². The van der Waals surface area contributed by atoms with E-state index in [2.05, 4.69) is 28.8 Å². The van der Waals surface area contributed by atoms with Crippen LogP contribution in [0.2, 0.25) is 0 Å². The molecular weight excluding hydrogens is 356 g/mol. The summed E-state index contributed by atoms with van der Waals surface area (Å²) in [4.78, 5) is 25.4. The van der Waals surface area contributed by atoms with E-state index in [1.54, 1.807) is 7.11 Å². The van der Waals surface area contributed by atoms with Crippen molar-refractivity contribution in [2.75, 3.05) is 20.3 Å². The summed E-state index contributed by atoms with van der Waals surface area (Å²) in [5, 5.41) is 5.59. The molecule has 3 aliphatic rings.